The fourth-order valence-corrected chi connectivity index (χ4v) is 2.19. The van der Waals surface area contributed by atoms with E-state index in [1.54, 1.807) is 6.07 Å². The minimum atomic E-state index is -0.445. The average Bonchev–Trinajstić information content (AvgIpc) is 2.90. The average molecular weight is 258 g/mol. The van der Waals surface area contributed by atoms with Crippen LogP contribution in [0.3, 0.4) is 0 Å². The number of hydrogen-bond acceptors (Lipinski definition) is 3. The molecule has 0 aliphatic rings. The first-order chi connectivity index (χ1) is 9.04. The maximum absolute atomic E-state index is 11.4. The number of esters is 1. The van der Waals surface area contributed by atoms with Gasteiger partial charge in [-0.25, -0.2) is 4.79 Å². The van der Waals surface area contributed by atoms with Crippen molar-refractivity contribution in [2.75, 3.05) is 7.11 Å². The third-order valence-electron chi connectivity index (χ3n) is 3.55. The summed E-state index contributed by atoms with van der Waals surface area (Å²) in [5, 5.41) is 0. The maximum atomic E-state index is 11.4. The normalized spacial score (nSPS) is 12.2. The summed E-state index contributed by atoms with van der Waals surface area (Å²) in [6, 6.07) is 9.71. The van der Waals surface area contributed by atoms with Crippen LogP contribution in [0.1, 0.15) is 45.8 Å². The first-order valence-electron chi connectivity index (χ1n) is 6.28. The molecule has 0 N–H and O–H groups in total. The predicted molar refractivity (Wildman–Crippen MR) is 73.5 cm³/mol. The predicted octanol–water partition coefficient (Wildman–Crippen LogP) is 3.83. The minimum absolute atomic E-state index is 0.110. The van der Waals surface area contributed by atoms with Crippen LogP contribution < -0.4 is 0 Å². The van der Waals surface area contributed by atoms with Crippen molar-refractivity contribution in [2.24, 2.45) is 0 Å². The van der Waals surface area contributed by atoms with Gasteiger partial charge in [0.05, 0.1) is 7.11 Å². The largest absolute Gasteiger partial charge is 0.463 e. The van der Waals surface area contributed by atoms with E-state index in [-0.39, 0.29) is 11.7 Å². The molecule has 0 saturated carbocycles. The molecule has 1 unspecified atom stereocenters. The van der Waals surface area contributed by atoms with E-state index in [2.05, 4.69) is 37.6 Å². The van der Waals surface area contributed by atoms with E-state index >= 15 is 0 Å². The molecule has 3 nitrogen and oxygen atoms in total. The fourth-order valence-electron chi connectivity index (χ4n) is 2.19. The van der Waals surface area contributed by atoms with Crippen LogP contribution in [0.2, 0.25) is 0 Å². The van der Waals surface area contributed by atoms with Gasteiger partial charge in [-0.3, -0.25) is 0 Å². The Morgan fingerprint density at radius 2 is 1.95 bits per heavy atom. The minimum Gasteiger partial charge on any atom is -0.463 e. The first kappa shape index (κ1) is 13.4. The highest BCUT2D eigenvalue weighted by atomic mass is 16.5. The number of furan rings is 1. The van der Waals surface area contributed by atoms with Crippen molar-refractivity contribution in [2.45, 2.75) is 26.7 Å². The van der Waals surface area contributed by atoms with Gasteiger partial charge < -0.3 is 9.15 Å². The molecule has 0 radical (unpaired) electrons. The molecule has 0 aliphatic carbocycles. The molecule has 0 saturated heterocycles. The molecular weight excluding hydrogens is 240 g/mol. The molecule has 2 rings (SSSR count). The molecule has 0 amide bonds. The quantitative estimate of drug-likeness (QED) is 0.785. The molecule has 3 heteroatoms. The zero-order valence-corrected chi connectivity index (χ0v) is 11.7. The lowest BCUT2D eigenvalue weighted by molar-refractivity contribution is 0.0563. The summed E-state index contributed by atoms with van der Waals surface area (Å²) in [7, 11) is 1.35. The van der Waals surface area contributed by atoms with Gasteiger partial charge >= 0.3 is 5.97 Å². The Morgan fingerprint density at radius 3 is 2.63 bits per heavy atom. The molecule has 1 atom stereocenters. The van der Waals surface area contributed by atoms with Crippen LogP contribution in [0.4, 0.5) is 0 Å². The molecule has 19 heavy (non-hydrogen) atoms. The van der Waals surface area contributed by atoms with E-state index in [0.717, 1.165) is 5.76 Å². The van der Waals surface area contributed by atoms with Gasteiger partial charge in [0.15, 0.2) is 0 Å². The smallest absolute Gasteiger partial charge is 0.373 e. The van der Waals surface area contributed by atoms with Crippen LogP contribution in [0.25, 0.3) is 0 Å². The highest BCUT2D eigenvalue weighted by Crippen LogP contribution is 2.29. The molecule has 0 fully saturated rings. The van der Waals surface area contributed by atoms with Crippen LogP contribution in [-0.2, 0) is 4.74 Å². The number of aryl methyl sites for hydroxylation is 1. The Bertz CT molecular complexity index is 596. The van der Waals surface area contributed by atoms with Crippen LogP contribution in [0.5, 0.6) is 0 Å². The van der Waals surface area contributed by atoms with Gasteiger partial charge in [-0.05, 0) is 42.7 Å². The third-order valence-corrected chi connectivity index (χ3v) is 3.55. The van der Waals surface area contributed by atoms with E-state index < -0.39 is 5.97 Å². The molecule has 2 aromatic rings. The van der Waals surface area contributed by atoms with Crippen molar-refractivity contribution in [3.8, 4) is 0 Å². The Balaban J connectivity index is 2.34. The summed E-state index contributed by atoms with van der Waals surface area (Å²) < 4.78 is 10.2. The standard InChI is InChI=1S/C16H18O3/c1-10-6-5-7-13(11(10)2)12(3)14-8-9-15(19-14)16(17)18-4/h5-9,12H,1-4H3. The number of carbonyl (C=O) groups excluding carboxylic acids is 1. The number of carbonyl (C=O) groups is 1. The van der Waals surface area contributed by atoms with E-state index in [4.69, 9.17) is 4.42 Å². The molecule has 0 bridgehead atoms. The van der Waals surface area contributed by atoms with E-state index in [1.807, 2.05) is 12.1 Å². The topological polar surface area (TPSA) is 39.4 Å². The number of hydrogen-bond donors (Lipinski definition) is 0. The summed E-state index contributed by atoms with van der Waals surface area (Å²) >= 11 is 0. The summed E-state index contributed by atoms with van der Waals surface area (Å²) in [6.45, 7) is 6.26. The van der Waals surface area contributed by atoms with Crippen LogP contribution in [0.15, 0.2) is 34.7 Å². The number of rotatable bonds is 3. The fraction of sp³-hybridized carbons (Fsp3) is 0.312. The van der Waals surface area contributed by atoms with E-state index in [9.17, 15) is 4.79 Å². The van der Waals surface area contributed by atoms with Gasteiger partial charge in [0.2, 0.25) is 5.76 Å². The van der Waals surface area contributed by atoms with Crippen molar-refractivity contribution >= 4 is 5.97 Å². The molecular formula is C16H18O3. The van der Waals surface area contributed by atoms with Crippen molar-refractivity contribution in [3.05, 3.63) is 58.5 Å². The van der Waals surface area contributed by atoms with Crippen molar-refractivity contribution in [3.63, 3.8) is 0 Å². The summed E-state index contributed by atoms with van der Waals surface area (Å²) in [4.78, 5) is 11.4. The Kier molecular flexibility index (Phi) is 3.74. The Morgan fingerprint density at radius 1 is 1.21 bits per heavy atom. The van der Waals surface area contributed by atoms with Gasteiger partial charge in [0.25, 0.3) is 0 Å². The molecule has 100 valence electrons. The molecule has 0 aliphatic heterocycles. The lowest BCUT2D eigenvalue weighted by Gasteiger charge is -2.14. The number of benzene rings is 1. The monoisotopic (exact) mass is 258 g/mol. The van der Waals surface area contributed by atoms with Gasteiger partial charge in [-0.2, -0.15) is 0 Å². The van der Waals surface area contributed by atoms with E-state index in [1.165, 1.54) is 23.8 Å². The zero-order valence-electron chi connectivity index (χ0n) is 11.7. The third kappa shape index (κ3) is 2.55. The Labute approximate surface area is 113 Å². The van der Waals surface area contributed by atoms with Gasteiger partial charge in [0.1, 0.15) is 5.76 Å². The summed E-state index contributed by atoms with van der Waals surface area (Å²) in [6.07, 6.45) is 0. The van der Waals surface area contributed by atoms with Gasteiger partial charge in [0, 0.05) is 5.92 Å². The first-order valence-corrected chi connectivity index (χ1v) is 6.28. The lowest BCUT2D eigenvalue weighted by atomic mass is 9.92. The lowest BCUT2D eigenvalue weighted by Crippen LogP contribution is -2.00. The van der Waals surface area contributed by atoms with Crippen molar-refractivity contribution < 1.29 is 13.9 Å². The second kappa shape index (κ2) is 5.31. The Hall–Kier alpha value is -2.03. The molecule has 0 spiro atoms. The SMILES string of the molecule is COC(=O)c1ccc(C(C)c2cccc(C)c2C)o1. The van der Waals surface area contributed by atoms with Gasteiger partial charge in [-0.1, -0.05) is 25.1 Å². The number of methoxy groups -OCH3 is 1. The molecule has 1 aromatic heterocycles. The summed E-state index contributed by atoms with van der Waals surface area (Å²) in [5.41, 5.74) is 3.72. The maximum Gasteiger partial charge on any atom is 0.373 e. The van der Waals surface area contributed by atoms with Crippen LogP contribution >= 0.6 is 0 Å². The van der Waals surface area contributed by atoms with Crippen LogP contribution in [0, 0.1) is 13.8 Å². The van der Waals surface area contributed by atoms with Crippen molar-refractivity contribution in [1.82, 2.24) is 0 Å². The van der Waals surface area contributed by atoms with Crippen LogP contribution in [-0.4, -0.2) is 13.1 Å². The van der Waals surface area contributed by atoms with Gasteiger partial charge in [-0.15, -0.1) is 0 Å². The van der Waals surface area contributed by atoms with E-state index in [0.29, 0.717) is 0 Å². The zero-order chi connectivity index (χ0) is 14.0. The highest BCUT2D eigenvalue weighted by Gasteiger charge is 2.18. The second-order valence-corrected chi connectivity index (χ2v) is 4.70. The molecule has 1 heterocycles. The second-order valence-electron chi connectivity index (χ2n) is 4.70. The van der Waals surface area contributed by atoms with Crippen molar-refractivity contribution in [1.29, 1.82) is 0 Å². The molecule has 1 aromatic carbocycles. The highest BCUT2D eigenvalue weighted by molar-refractivity contribution is 5.86. The summed E-state index contributed by atoms with van der Waals surface area (Å²) in [5.74, 6) is 0.682. The number of ether oxygens (including phenoxy) is 1.